The van der Waals surface area contributed by atoms with E-state index in [-0.39, 0.29) is 23.6 Å². The number of rotatable bonds is 4. The summed E-state index contributed by atoms with van der Waals surface area (Å²) in [6.45, 7) is 4.40. The molecule has 0 aliphatic carbocycles. The van der Waals surface area contributed by atoms with Crippen LogP contribution >= 0.6 is 0 Å². The van der Waals surface area contributed by atoms with Gasteiger partial charge in [0.1, 0.15) is 6.07 Å². The van der Waals surface area contributed by atoms with Crippen molar-refractivity contribution in [2.24, 2.45) is 5.92 Å². The lowest BCUT2D eigenvalue weighted by molar-refractivity contribution is -0.384. The number of carbonyl (C=O) groups is 1. The Balaban J connectivity index is 1.71. The summed E-state index contributed by atoms with van der Waals surface area (Å²) >= 11 is 0. The Labute approximate surface area is 174 Å². The SMILES string of the molecule is CCNC(=O)C1Cc2cc([N+](=O)[O-])ccc2N2CCN(c3ccccc3C#N)CC12. The first-order chi connectivity index (χ1) is 14.5. The molecule has 0 bridgehead atoms. The highest BCUT2D eigenvalue weighted by molar-refractivity contribution is 5.82. The number of nitriles is 1. The summed E-state index contributed by atoms with van der Waals surface area (Å²) in [6.07, 6.45) is 0.456. The zero-order chi connectivity index (χ0) is 21.3. The van der Waals surface area contributed by atoms with Gasteiger partial charge in [-0.3, -0.25) is 14.9 Å². The van der Waals surface area contributed by atoms with Gasteiger partial charge >= 0.3 is 0 Å². The van der Waals surface area contributed by atoms with Gasteiger partial charge in [-0.15, -0.1) is 0 Å². The minimum Gasteiger partial charge on any atom is -0.367 e. The van der Waals surface area contributed by atoms with Gasteiger partial charge in [-0.1, -0.05) is 12.1 Å². The van der Waals surface area contributed by atoms with Gasteiger partial charge in [0.05, 0.1) is 28.1 Å². The number of anilines is 2. The van der Waals surface area contributed by atoms with Gasteiger partial charge in [-0.2, -0.15) is 5.26 Å². The predicted molar refractivity (Wildman–Crippen MR) is 113 cm³/mol. The highest BCUT2D eigenvalue weighted by Crippen LogP contribution is 2.39. The number of nitro groups is 1. The first-order valence-electron chi connectivity index (χ1n) is 10.1. The smallest absolute Gasteiger partial charge is 0.269 e. The minimum atomic E-state index is -0.399. The highest BCUT2D eigenvalue weighted by atomic mass is 16.6. The second kappa shape index (κ2) is 8.03. The average Bonchev–Trinajstić information content (AvgIpc) is 2.77. The van der Waals surface area contributed by atoms with Crippen LogP contribution in [0.3, 0.4) is 0 Å². The number of benzene rings is 2. The van der Waals surface area contributed by atoms with Crippen molar-refractivity contribution in [1.82, 2.24) is 5.32 Å². The first-order valence-corrected chi connectivity index (χ1v) is 10.1. The van der Waals surface area contributed by atoms with E-state index < -0.39 is 4.92 Å². The Morgan fingerprint density at radius 3 is 2.80 bits per heavy atom. The van der Waals surface area contributed by atoms with Crippen molar-refractivity contribution in [2.75, 3.05) is 36.0 Å². The van der Waals surface area contributed by atoms with E-state index in [1.54, 1.807) is 18.2 Å². The molecule has 2 heterocycles. The maximum atomic E-state index is 12.9. The topological polar surface area (TPSA) is 103 Å². The molecule has 1 fully saturated rings. The van der Waals surface area contributed by atoms with Crippen molar-refractivity contribution < 1.29 is 9.72 Å². The Kier molecular flexibility index (Phi) is 5.27. The van der Waals surface area contributed by atoms with Gasteiger partial charge in [0, 0.05) is 44.0 Å². The van der Waals surface area contributed by atoms with Crippen LogP contribution in [-0.4, -0.2) is 43.1 Å². The largest absolute Gasteiger partial charge is 0.367 e. The molecule has 2 aliphatic heterocycles. The number of hydrogen-bond acceptors (Lipinski definition) is 6. The summed E-state index contributed by atoms with van der Waals surface area (Å²) in [7, 11) is 0. The van der Waals surface area contributed by atoms with Crippen LogP contribution in [0.4, 0.5) is 17.1 Å². The number of fused-ring (bicyclic) bond motifs is 3. The Hall–Kier alpha value is -3.60. The van der Waals surface area contributed by atoms with Crippen LogP contribution < -0.4 is 15.1 Å². The molecule has 0 aromatic heterocycles. The molecule has 8 heteroatoms. The molecular formula is C22H23N5O3. The molecule has 2 aliphatic rings. The van der Waals surface area contributed by atoms with Crippen molar-refractivity contribution in [1.29, 1.82) is 5.26 Å². The van der Waals surface area contributed by atoms with Gasteiger partial charge in [0.2, 0.25) is 5.91 Å². The van der Waals surface area contributed by atoms with Crippen molar-refractivity contribution >= 4 is 23.0 Å². The summed E-state index contributed by atoms with van der Waals surface area (Å²) in [5, 5.41) is 23.6. The summed E-state index contributed by atoms with van der Waals surface area (Å²) in [5.41, 5.74) is 3.33. The van der Waals surface area contributed by atoms with Crippen molar-refractivity contribution in [3.05, 3.63) is 63.7 Å². The molecule has 1 saturated heterocycles. The van der Waals surface area contributed by atoms with E-state index in [2.05, 4.69) is 21.2 Å². The molecule has 30 heavy (non-hydrogen) atoms. The Morgan fingerprint density at radius 2 is 2.07 bits per heavy atom. The van der Waals surface area contributed by atoms with Gasteiger partial charge in [0.25, 0.3) is 5.69 Å². The zero-order valence-corrected chi connectivity index (χ0v) is 16.7. The van der Waals surface area contributed by atoms with E-state index in [1.807, 2.05) is 25.1 Å². The molecule has 0 radical (unpaired) electrons. The Morgan fingerprint density at radius 1 is 1.27 bits per heavy atom. The highest BCUT2D eigenvalue weighted by Gasteiger charge is 2.42. The van der Waals surface area contributed by atoms with E-state index in [0.717, 1.165) is 16.9 Å². The second-order valence-electron chi connectivity index (χ2n) is 7.61. The number of hydrogen-bond donors (Lipinski definition) is 1. The third-order valence-corrected chi connectivity index (χ3v) is 5.96. The molecule has 2 atom stereocenters. The van der Waals surface area contributed by atoms with Crippen LogP contribution in [0.2, 0.25) is 0 Å². The molecule has 2 aromatic carbocycles. The number of non-ortho nitro benzene ring substituents is 1. The summed E-state index contributed by atoms with van der Waals surface area (Å²) in [6, 6.07) is 14.6. The molecule has 1 N–H and O–H groups in total. The van der Waals surface area contributed by atoms with E-state index in [1.165, 1.54) is 6.07 Å². The number of nitrogens with one attached hydrogen (secondary N) is 1. The molecule has 154 valence electrons. The summed E-state index contributed by atoms with van der Waals surface area (Å²) in [4.78, 5) is 28.1. The van der Waals surface area contributed by atoms with Crippen LogP contribution in [0, 0.1) is 27.4 Å². The quantitative estimate of drug-likeness (QED) is 0.619. The minimum absolute atomic E-state index is 0.0416. The molecule has 4 rings (SSSR count). The van der Waals surface area contributed by atoms with E-state index in [9.17, 15) is 20.2 Å². The molecule has 0 spiro atoms. The fourth-order valence-electron chi connectivity index (χ4n) is 4.59. The van der Waals surface area contributed by atoms with Crippen LogP contribution in [-0.2, 0) is 11.2 Å². The molecule has 2 unspecified atom stereocenters. The number of para-hydroxylation sites is 1. The second-order valence-corrected chi connectivity index (χ2v) is 7.61. The third-order valence-electron chi connectivity index (χ3n) is 5.96. The monoisotopic (exact) mass is 405 g/mol. The molecule has 8 nitrogen and oxygen atoms in total. The number of carbonyl (C=O) groups excluding carboxylic acids is 1. The zero-order valence-electron chi connectivity index (χ0n) is 16.7. The van der Waals surface area contributed by atoms with E-state index >= 15 is 0 Å². The van der Waals surface area contributed by atoms with Crippen LogP contribution in [0.25, 0.3) is 0 Å². The van der Waals surface area contributed by atoms with E-state index in [0.29, 0.717) is 38.2 Å². The van der Waals surface area contributed by atoms with Crippen LogP contribution in [0.1, 0.15) is 18.1 Å². The van der Waals surface area contributed by atoms with Crippen LogP contribution in [0.15, 0.2) is 42.5 Å². The molecular weight excluding hydrogens is 382 g/mol. The standard InChI is InChI=1S/C22H23N5O3/c1-2-24-22(28)18-12-16-11-17(27(29)30)7-8-20(16)26-10-9-25(14-21(18)26)19-6-4-3-5-15(19)13-23/h3-8,11,18,21H,2,9-10,12,14H2,1H3,(H,24,28). The first kappa shape index (κ1) is 19.7. The number of nitro benzene ring substituents is 1. The maximum absolute atomic E-state index is 12.9. The maximum Gasteiger partial charge on any atom is 0.269 e. The number of nitrogens with zero attached hydrogens (tertiary/aromatic N) is 4. The predicted octanol–water partition coefficient (Wildman–Crippen LogP) is 2.47. The van der Waals surface area contributed by atoms with Crippen LogP contribution in [0.5, 0.6) is 0 Å². The molecule has 2 aromatic rings. The average molecular weight is 405 g/mol. The fraction of sp³-hybridized carbons (Fsp3) is 0.364. The normalized spacial score (nSPS) is 20.0. The number of amides is 1. The molecule has 0 saturated carbocycles. The van der Waals surface area contributed by atoms with Gasteiger partial charge in [-0.05, 0) is 37.1 Å². The van der Waals surface area contributed by atoms with Gasteiger partial charge in [0.15, 0.2) is 0 Å². The third kappa shape index (κ3) is 3.43. The lowest BCUT2D eigenvalue weighted by Crippen LogP contribution is -2.61. The summed E-state index contributed by atoms with van der Waals surface area (Å²) < 4.78 is 0. The lowest BCUT2D eigenvalue weighted by atomic mass is 9.83. The van der Waals surface area contributed by atoms with Crippen molar-refractivity contribution in [3.63, 3.8) is 0 Å². The fourth-order valence-corrected chi connectivity index (χ4v) is 4.59. The van der Waals surface area contributed by atoms with Gasteiger partial charge < -0.3 is 15.1 Å². The van der Waals surface area contributed by atoms with Gasteiger partial charge in [-0.25, -0.2) is 0 Å². The van der Waals surface area contributed by atoms with Crippen molar-refractivity contribution in [3.8, 4) is 6.07 Å². The summed E-state index contributed by atoms with van der Waals surface area (Å²) in [5.74, 6) is -0.364. The van der Waals surface area contributed by atoms with E-state index in [4.69, 9.17) is 0 Å². The lowest BCUT2D eigenvalue weighted by Gasteiger charge is -2.49. The Bertz CT molecular complexity index is 1030. The number of piperazine rings is 1. The van der Waals surface area contributed by atoms with Crippen molar-refractivity contribution in [2.45, 2.75) is 19.4 Å². The molecule has 1 amide bonds.